The predicted octanol–water partition coefficient (Wildman–Crippen LogP) is 1.51. The minimum atomic E-state index is -1.43. The van der Waals surface area contributed by atoms with Crippen molar-refractivity contribution in [3.63, 3.8) is 0 Å². The lowest BCUT2D eigenvalue weighted by Gasteiger charge is -1.97. The summed E-state index contributed by atoms with van der Waals surface area (Å²) >= 11 is 0. The number of aromatic nitrogens is 1. The normalized spacial score (nSPS) is 10.8. The first-order valence-electron chi connectivity index (χ1n) is 5.78. The Morgan fingerprint density at radius 3 is 2.39 bits per heavy atom. The van der Waals surface area contributed by atoms with E-state index < -0.39 is 7.12 Å². The fourth-order valence-corrected chi connectivity index (χ4v) is 2.08. The van der Waals surface area contributed by atoms with Gasteiger partial charge < -0.3 is 15.0 Å². The molecular weight excluding hydrogens is 225 g/mol. The van der Waals surface area contributed by atoms with Crippen LogP contribution in [-0.4, -0.2) is 22.2 Å². The van der Waals surface area contributed by atoms with Crippen LogP contribution in [0.4, 0.5) is 0 Å². The summed E-state index contributed by atoms with van der Waals surface area (Å²) in [7, 11) is -1.43. The highest BCUT2D eigenvalue weighted by Crippen LogP contribution is 2.23. The van der Waals surface area contributed by atoms with E-state index in [1.54, 1.807) is 12.1 Å². The molecule has 0 atom stereocenters. The van der Waals surface area contributed by atoms with Crippen LogP contribution in [0.15, 0.2) is 54.6 Å². The van der Waals surface area contributed by atoms with E-state index in [0.29, 0.717) is 5.46 Å². The Bertz CT molecular complexity index is 677. The standard InChI is InChI=1S/C14H12BNO2/c17-15(18)12-6-7-13-11(8-12)9-14(16-13)10-4-2-1-3-5-10/h1-9,16-18H. The van der Waals surface area contributed by atoms with Gasteiger partial charge in [0.05, 0.1) is 0 Å². The topological polar surface area (TPSA) is 56.2 Å². The largest absolute Gasteiger partial charge is 0.488 e. The summed E-state index contributed by atoms with van der Waals surface area (Å²) in [6.45, 7) is 0. The zero-order chi connectivity index (χ0) is 12.5. The maximum absolute atomic E-state index is 9.15. The average molecular weight is 237 g/mol. The highest BCUT2D eigenvalue weighted by atomic mass is 16.4. The van der Waals surface area contributed by atoms with Gasteiger partial charge in [0.1, 0.15) is 0 Å². The fraction of sp³-hybridized carbons (Fsp3) is 0. The summed E-state index contributed by atoms with van der Waals surface area (Å²) in [5.74, 6) is 0. The van der Waals surface area contributed by atoms with Crippen LogP contribution in [0.3, 0.4) is 0 Å². The van der Waals surface area contributed by atoms with E-state index in [1.165, 1.54) is 0 Å². The van der Waals surface area contributed by atoms with Crippen LogP contribution in [-0.2, 0) is 0 Å². The molecule has 0 radical (unpaired) electrons. The van der Waals surface area contributed by atoms with Crippen molar-refractivity contribution in [3.05, 3.63) is 54.6 Å². The Morgan fingerprint density at radius 1 is 0.889 bits per heavy atom. The zero-order valence-corrected chi connectivity index (χ0v) is 9.67. The minimum absolute atomic E-state index is 0.501. The first-order chi connectivity index (χ1) is 8.74. The molecule has 0 saturated carbocycles. The maximum atomic E-state index is 9.15. The number of rotatable bonds is 2. The van der Waals surface area contributed by atoms with Crippen molar-refractivity contribution in [2.75, 3.05) is 0 Å². The minimum Gasteiger partial charge on any atom is -0.423 e. The molecule has 0 saturated heterocycles. The molecule has 3 rings (SSSR count). The second kappa shape index (κ2) is 4.33. The molecular formula is C14H12BNO2. The third-order valence-corrected chi connectivity index (χ3v) is 3.03. The highest BCUT2D eigenvalue weighted by Gasteiger charge is 2.12. The predicted molar refractivity (Wildman–Crippen MR) is 73.6 cm³/mol. The molecule has 0 unspecified atom stereocenters. The Balaban J connectivity index is 2.11. The molecule has 0 aliphatic carbocycles. The number of benzene rings is 2. The van der Waals surface area contributed by atoms with Crippen LogP contribution in [0.25, 0.3) is 22.2 Å². The third kappa shape index (κ3) is 1.92. The van der Waals surface area contributed by atoms with Crippen molar-refractivity contribution >= 4 is 23.5 Å². The Labute approximate surface area is 105 Å². The lowest BCUT2D eigenvalue weighted by atomic mass is 9.80. The van der Waals surface area contributed by atoms with Gasteiger partial charge in [0.2, 0.25) is 0 Å². The number of nitrogens with one attached hydrogen (secondary N) is 1. The molecule has 1 heterocycles. The molecule has 1 aromatic heterocycles. The molecule has 0 aliphatic rings. The quantitative estimate of drug-likeness (QED) is 0.592. The number of aromatic amines is 1. The summed E-state index contributed by atoms with van der Waals surface area (Å²) in [6, 6.07) is 17.4. The smallest absolute Gasteiger partial charge is 0.423 e. The van der Waals surface area contributed by atoms with Gasteiger partial charge in [0.25, 0.3) is 0 Å². The highest BCUT2D eigenvalue weighted by molar-refractivity contribution is 6.58. The maximum Gasteiger partial charge on any atom is 0.488 e. The van der Waals surface area contributed by atoms with Gasteiger partial charge in [0, 0.05) is 11.2 Å². The van der Waals surface area contributed by atoms with Gasteiger partial charge >= 0.3 is 7.12 Å². The first-order valence-corrected chi connectivity index (χ1v) is 5.78. The average Bonchev–Trinajstić information content (AvgIpc) is 2.82. The van der Waals surface area contributed by atoms with Gasteiger partial charge in [-0.05, 0) is 28.5 Å². The lowest BCUT2D eigenvalue weighted by Crippen LogP contribution is -2.29. The van der Waals surface area contributed by atoms with Crippen molar-refractivity contribution in [1.29, 1.82) is 0 Å². The summed E-state index contributed by atoms with van der Waals surface area (Å²) in [6.07, 6.45) is 0. The monoisotopic (exact) mass is 237 g/mol. The summed E-state index contributed by atoms with van der Waals surface area (Å²) < 4.78 is 0. The van der Waals surface area contributed by atoms with Crippen molar-refractivity contribution in [1.82, 2.24) is 4.98 Å². The summed E-state index contributed by atoms with van der Waals surface area (Å²) in [5.41, 5.74) is 3.62. The molecule has 2 aromatic carbocycles. The SMILES string of the molecule is OB(O)c1ccc2[nH]c(-c3ccccc3)cc2c1. The van der Waals surface area contributed by atoms with E-state index in [-0.39, 0.29) is 0 Å². The molecule has 3 nitrogen and oxygen atoms in total. The van der Waals surface area contributed by atoms with Crippen molar-refractivity contribution in [3.8, 4) is 11.3 Å². The van der Waals surface area contributed by atoms with Gasteiger partial charge in [-0.1, -0.05) is 42.5 Å². The molecule has 0 bridgehead atoms. The van der Waals surface area contributed by atoms with Crippen LogP contribution >= 0.6 is 0 Å². The Morgan fingerprint density at radius 2 is 1.67 bits per heavy atom. The molecule has 3 N–H and O–H groups in total. The van der Waals surface area contributed by atoms with E-state index in [2.05, 4.69) is 4.98 Å². The van der Waals surface area contributed by atoms with Crippen LogP contribution in [0.5, 0.6) is 0 Å². The van der Waals surface area contributed by atoms with Crippen LogP contribution in [0, 0.1) is 0 Å². The van der Waals surface area contributed by atoms with E-state index >= 15 is 0 Å². The second-order valence-corrected chi connectivity index (χ2v) is 4.27. The van der Waals surface area contributed by atoms with Gasteiger partial charge in [-0.3, -0.25) is 0 Å². The van der Waals surface area contributed by atoms with E-state index in [0.717, 1.165) is 22.2 Å². The Hall–Kier alpha value is -2.04. The molecule has 0 fully saturated rings. The van der Waals surface area contributed by atoms with Gasteiger partial charge in [-0.15, -0.1) is 0 Å². The molecule has 88 valence electrons. The van der Waals surface area contributed by atoms with E-state index in [4.69, 9.17) is 10.0 Å². The lowest BCUT2D eigenvalue weighted by molar-refractivity contribution is 0.426. The van der Waals surface area contributed by atoms with Crippen molar-refractivity contribution in [2.24, 2.45) is 0 Å². The Kier molecular flexibility index (Phi) is 2.66. The molecule has 0 spiro atoms. The van der Waals surface area contributed by atoms with E-state index in [1.807, 2.05) is 42.5 Å². The van der Waals surface area contributed by atoms with Crippen LogP contribution in [0.1, 0.15) is 0 Å². The molecule has 18 heavy (non-hydrogen) atoms. The molecule has 4 heteroatoms. The fourth-order valence-electron chi connectivity index (χ4n) is 2.08. The number of hydrogen-bond donors (Lipinski definition) is 3. The molecule has 0 aliphatic heterocycles. The summed E-state index contributed by atoms with van der Waals surface area (Å²) in [4.78, 5) is 3.31. The second-order valence-electron chi connectivity index (χ2n) is 4.27. The first kappa shape index (κ1) is 11.1. The van der Waals surface area contributed by atoms with E-state index in [9.17, 15) is 0 Å². The zero-order valence-electron chi connectivity index (χ0n) is 9.67. The molecule has 3 aromatic rings. The number of fused-ring (bicyclic) bond motifs is 1. The van der Waals surface area contributed by atoms with Crippen LogP contribution < -0.4 is 5.46 Å². The van der Waals surface area contributed by atoms with Crippen molar-refractivity contribution in [2.45, 2.75) is 0 Å². The van der Waals surface area contributed by atoms with Gasteiger partial charge in [-0.25, -0.2) is 0 Å². The number of H-pyrrole nitrogens is 1. The van der Waals surface area contributed by atoms with Gasteiger partial charge in [-0.2, -0.15) is 0 Å². The summed E-state index contributed by atoms with van der Waals surface area (Å²) in [5, 5.41) is 19.3. The van der Waals surface area contributed by atoms with Crippen LogP contribution in [0.2, 0.25) is 0 Å². The molecule has 0 amide bonds. The van der Waals surface area contributed by atoms with Crippen molar-refractivity contribution < 1.29 is 10.0 Å². The number of hydrogen-bond acceptors (Lipinski definition) is 2. The van der Waals surface area contributed by atoms with Gasteiger partial charge in [0.15, 0.2) is 0 Å². The third-order valence-electron chi connectivity index (χ3n) is 3.03.